The fourth-order valence-corrected chi connectivity index (χ4v) is 2.09. The Morgan fingerprint density at radius 1 is 1.29 bits per heavy atom. The fourth-order valence-electron chi connectivity index (χ4n) is 2.09. The summed E-state index contributed by atoms with van der Waals surface area (Å²) in [5, 5.41) is 10.1. The minimum Gasteiger partial charge on any atom is -0.493 e. The normalized spacial score (nSPS) is 18.6. The van der Waals surface area contributed by atoms with Crippen LogP contribution in [0.1, 0.15) is 24.4 Å². The minimum atomic E-state index is -0.504. The molecule has 0 radical (unpaired) electrons. The van der Waals surface area contributed by atoms with E-state index in [0.29, 0.717) is 17.4 Å². The third-order valence-electron chi connectivity index (χ3n) is 3.27. The van der Waals surface area contributed by atoms with E-state index in [1.165, 1.54) is 0 Å². The molecule has 17 heavy (non-hydrogen) atoms. The van der Waals surface area contributed by atoms with Crippen molar-refractivity contribution in [1.29, 1.82) is 0 Å². The summed E-state index contributed by atoms with van der Waals surface area (Å²) in [6.45, 7) is 0. The van der Waals surface area contributed by atoms with Crippen molar-refractivity contribution in [3.05, 3.63) is 23.8 Å². The zero-order chi connectivity index (χ0) is 12.4. The summed E-state index contributed by atoms with van der Waals surface area (Å²) in [7, 11) is 3.17. The molecule has 4 nitrogen and oxygen atoms in total. The first kappa shape index (κ1) is 12.2. The second-order valence-electron chi connectivity index (χ2n) is 4.44. The standard InChI is InChI=1S/C13H19NO3/c1-16-10-5-3-4-9(13(10)17-2)11(14)12(15)8-6-7-8/h3-5,8,11-12,15H,6-7,14H2,1-2H3/t11-,12+/m1/s1. The number of hydrogen-bond donors (Lipinski definition) is 2. The van der Waals surface area contributed by atoms with Gasteiger partial charge in [-0.05, 0) is 24.8 Å². The summed E-state index contributed by atoms with van der Waals surface area (Å²) >= 11 is 0. The van der Waals surface area contributed by atoms with Gasteiger partial charge < -0.3 is 20.3 Å². The van der Waals surface area contributed by atoms with E-state index >= 15 is 0 Å². The highest BCUT2D eigenvalue weighted by Gasteiger charge is 2.35. The molecule has 0 unspecified atom stereocenters. The Labute approximate surface area is 101 Å². The number of ether oxygens (including phenoxy) is 2. The molecule has 0 heterocycles. The molecule has 0 spiro atoms. The summed E-state index contributed by atoms with van der Waals surface area (Å²) in [5.74, 6) is 1.59. The molecule has 1 aliphatic rings. The molecule has 4 heteroatoms. The maximum atomic E-state index is 10.1. The molecule has 1 aliphatic carbocycles. The predicted octanol–water partition coefficient (Wildman–Crippen LogP) is 1.47. The van der Waals surface area contributed by atoms with E-state index < -0.39 is 12.1 Å². The van der Waals surface area contributed by atoms with Gasteiger partial charge in [-0.25, -0.2) is 0 Å². The van der Waals surface area contributed by atoms with Crippen LogP contribution in [0.15, 0.2) is 18.2 Å². The predicted molar refractivity (Wildman–Crippen MR) is 65.2 cm³/mol. The topological polar surface area (TPSA) is 64.7 Å². The smallest absolute Gasteiger partial charge is 0.165 e. The lowest BCUT2D eigenvalue weighted by molar-refractivity contribution is 0.121. The number of rotatable bonds is 5. The molecular formula is C13H19NO3. The molecule has 0 aliphatic heterocycles. The van der Waals surface area contributed by atoms with E-state index in [9.17, 15) is 5.11 Å². The van der Waals surface area contributed by atoms with Gasteiger partial charge >= 0.3 is 0 Å². The highest BCUT2D eigenvalue weighted by molar-refractivity contribution is 5.48. The van der Waals surface area contributed by atoms with Gasteiger partial charge in [0.25, 0.3) is 0 Å². The number of benzene rings is 1. The molecule has 0 saturated heterocycles. The van der Waals surface area contributed by atoms with Crippen LogP contribution in [0.4, 0.5) is 0 Å². The Morgan fingerprint density at radius 2 is 2.00 bits per heavy atom. The molecule has 94 valence electrons. The molecule has 0 aromatic heterocycles. The van der Waals surface area contributed by atoms with Gasteiger partial charge in [0.1, 0.15) is 0 Å². The average Bonchev–Trinajstić information content (AvgIpc) is 3.20. The Kier molecular flexibility index (Phi) is 3.54. The van der Waals surface area contributed by atoms with Crippen LogP contribution in [-0.2, 0) is 0 Å². The van der Waals surface area contributed by atoms with Gasteiger partial charge in [0.05, 0.1) is 26.4 Å². The quantitative estimate of drug-likeness (QED) is 0.814. The fraction of sp³-hybridized carbons (Fsp3) is 0.538. The summed E-state index contributed by atoms with van der Waals surface area (Å²) in [6.07, 6.45) is 1.61. The zero-order valence-electron chi connectivity index (χ0n) is 10.2. The molecule has 1 saturated carbocycles. The van der Waals surface area contributed by atoms with E-state index in [2.05, 4.69) is 0 Å². The Hall–Kier alpha value is -1.26. The summed E-state index contributed by atoms with van der Waals surface area (Å²) < 4.78 is 10.5. The lowest BCUT2D eigenvalue weighted by atomic mass is 9.98. The SMILES string of the molecule is COc1cccc([C@@H](N)[C@@H](O)C2CC2)c1OC. The lowest BCUT2D eigenvalue weighted by Gasteiger charge is -2.22. The van der Waals surface area contributed by atoms with Crippen molar-refractivity contribution in [3.63, 3.8) is 0 Å². The number of methoxy groups -OCH3 is 2. The first-order valence-electron chi connectivity index (χ1n) is 5.83. The maximum Gasteiger partial charge on any atom is 0.165 e. The largest absolute Gasteiger partial charge is 0.493 e. The van der Waals surface area contributed by atoms with Gasteiger partial charge in [0.2, 0.25) is 0 Å². The first-order chi connectivity index (χ1) is 8.19. The van der Waals surface area contributed by atoms with Crippen molar-refractivity contribution in [3.8, 4) is 11.5 Å². The van der Waals surface area contributed by atoms with Crippen molar-refractivity contribution < 1.29 is 14.6 Å². The third kappa shape index (κ3) is 2.37. The molecule has 0 amide bonds. The van der Waals surface area contributed by atoms with Crippen LogP contribution in [0.25, 0.3) is 0 Å². The van der Waals surface area contributed by atoms with Crippen LogP contribution in [0.2, 0.25) is 0 Å². The van der Waals surface area contributed by atoms with E-state index in [1.54, 1.807) is 14.2 Å². The maximum absolute atomic E-state index is 10.1. The number of hydrogen-bond acceptors (Lipinski definition) is 4. The number of para-hydroxylation sites is 1. The molecule has 1 aromatic rings. The summed E-state index contributed by atoms with van der Waals surface area (Å²) in [5.41, 5.74) is 6.89. The monoisotopic (exact) mass is 237 g/mol. The lowest BCUT2D eigenvalue weighted by Crippen LogP contribution is -2.28. The van der Waals surface area contributed by atoms with Crippen molar-refractivity contribution in [2.75, 3.05) is 14.2 Å². The Bertz CT molecular complexity index is 390. The van der Waals surface area contributed by atoms with E-state index in [1.807, 2.05) is 18.2 Å². The van der Waals surface area contributed by atoms with Crippen LogP contribution in [0, 0.1) is 5.92 Å². The number of nitrogens with two attached hydrogens (primary N) is 1. The van der Waals surface area contributed by atoms with Crippen LogP contribution >= 0.6 is 0 Å². The van der Waals surface area contributed by atoms with Crippen molar-refractivity contribution >= 4 is 0 Å². The highest BCUT2D eigenvalue weighted by Crippen LogP contribution is 2.41. The van der Waals surface area contributed by atoms with Gasteiger partial charge in [-0.1, -0.05) is 12.1 Å². The van der Waals surface area contributed by atoms with Gasteiger partial charge in [-0.2, -0.15) is 0 Å². The second-order valence-corrected chi connectivity index (χ2v) is 4.44. The zero-order valence-corrected chi connectivity index (χ0v) is 10.2. The van der Waals surface area contributed by atoms with Crippen LogP contribution in [0.5, 0.6) is 11.5 Å². The van der Waals surface area contributed by atoms with Crippen molar-refractivity contribution in [2.45, 2.75) is 25.0 Å². The third-order valence-corrected chi connectivity index (χ3v) is 3.27. The molecular weight excluding hydrogens is 218 g/mol. The van der Waals surface area contributed by atoms with Gasteiger partial charge in [-0.15, -0.1) is 0 Å². The van der Waals surface area contributed by atoms with Gasteiger partial charge in [0, 0.05) is 5.56 Å². The summed E-state index contributed by atoms with van der Waals surface area (Å²) in [4.78, 5) is 0. The van der Waals surface area contributed by atoms with Gasteiger partial charge in [-0.3, -0.25) is 0 Å². The second kappa shape index (κ2) is 4.94. The first-order valence-corrected chi connectivity index (χ1v) is 5.83. The average molecular weight is 237 g/mol. The Balaban J connectivity index is 2.29. The van der Waals surface area contributed by atoms with E-state index in [-0.39, 0.29) is 0 Å². The summed E-state index contributed by atoms with van der Waals surface area (Å²) in [6, 6.07) is 5.12. The Morgan fingerprint density at radius 3 is 2.53 bits per heavy atom. The van der Waals surface area contributed by atoms with E-state index in [4.69, 9.17) is 15.2 Å². The minimum absolute atomic E-state index is 0.334. The molecule has 3 N–H and O–H groups in total. The van der Waals surface area contributed by atoms with Crippen molar-refractivity contribution in [1.82, 2.24) is 0 Å². The number of aliphatic hydroxyl groups is 1. The van der Waals surface area contributed by atoms with Crippen molar-refractivity contribution in [2.24, 2.45) is 11.7 Å². The molecule has 1 aromatic carbocycles. The molecule has 2 rings (SSSR count). The van der Waals surface area contributed by atoms with Gasteiger partial charge in [0.15, 0.2) is 11.5 Å². The van der Waals surface area contributed by atoms with Crippen LogP contribution in [-0.4, -0.2) is 25.4 Å². The number of aliphatic hydroxyl groups excluding tert-OH is 1. The molecule has 0 bridgehead atoms. The van der Waals surface area contributed by atoms with Crippen LogP contribution < -0.4 is 15.2 Å². The van der Waals surface area contributed by atoms with E-state index in [0.717, 1.165) is 18.4 Å². The van der Waals surface area contributed by atoms with Crippen LogP contribution in [0.3, 0.4) is 0 Å². The highest BCUT2D eigenvalue weighted by atomic mass is 16.5. The molecule has 2 atom stereocenters. The molecule has 1 fully saturated rings.